The largest absolute Gasteiger partial charge is 0.455 e. The minimum atomic E-state index is -0.528. The van der Waals surface area contributed by atoms with Crippen LogP contribution in [-0.2, 0) is 22.7 Å². The van der Waals surface area contributed by atoms with E-state index < -0.39 is 11.8 Å². The molecule has 0 radical (unpaired) electrons. The van der Waals surface area contributed by atoms with Crippen molar-refractivity contribution in [3.05, 3.63) is 94.0 Å². The Balaban J connectivity index is 1.47. The van der Waals surface area contributed by atoms with Gasteiger partial charge in [-0.25, -0.2) is 14.2 Å². The minimum Gasteiger partial charge on any atom is -0.455 e. The molecule has 174 valence electrons. The number of thiazole rings is 1. The highest BCUT2D eigenvalue weighted by atomic mass is 32.1. The summed E-state index contributed by atoms with van der Waals surface area (Å²) in [5.41, 5.74) is 3.37. The zero-order valence-electron chi connectivity index (χ0n) is 19.0. The zero-order chi connectivity index (χ0) is 24.2. The molecule has 7 nitrogen and oxygen atoms in total. The number of nitrogens with zero attached hydrogens (tertiary/aromatic N) is 4. The normalized spacial score (nSPS) is 10.8. The van der Waals surface area contributed by atoms with Crippen LogP contribution in [0.3, 0.4) is 0 Å². The first kappa shape index (κ1) is 23.3. The summed E-state index contributed by atoms with van der Waals surface area (Å²) in [6.45, 7) is 5.41. The Hall–Kier alpha value is -3.85. The van der Waals surface area contributed by atoms with Crippen molar-refractivity contribution in [2.24, 2.45) is 0 Å². The van der Waals surface area contributed by atoms with Crippen LogP contribution in [0, 0.1) is 19.7 Å². The average molecular weight is 479 g/mol. The van der Waals surface area contributed by atoms with Gasteiger partial charge >= 0.3 is 5.97 Å². The van der Waals surface area contributed by atoms with Gasteiger partial charge in [-0.1, -0.05) is 42.5 Å². The Morgan fingerprint density at radius 1 is 1.09 bits per heavy atom. The van der Waals surface area contributed by atoms with Crippen molar-refractivity contribution in [2.75, 3.05) is 4.90 Å². The summed E-state index contributed by atoms with van der Waals surface area (Å²) in [7, 11) is 0. The molecule has 0 aliphatic carbocycles. The van der Waals surface area contributed by atoms with Crippen molar-refractivity contribution in [1.82, 2.24) is 14.8 Å². The summed E-state index contributed by atoms with van der Waals surface area (Å²) in [5.74, 6) is -1.40. The number of carbonyl (C=O) groups excluding carboxylic acids is 2. The van der Waals surface area contributed by atoms with Crippen LogP contribution in [0.2, 0.25) is 0 Å². The molecule has 1 amide bonds. The predicted octanol–water partition coefficient (Wildman–Crippen LogP) is 5.19. The summed E-state index contributed by atoms with van der Waals surface area (Å²) in [5, 5.41) is 6.47. The van der Waals surface area contributed by atoms with Gasteiger partial charge < -0.3 is 4.74 Å². The highest BCUT2D eigenvalue weighted by Gasteiger charge is 2.23. The number of halogens is 1. The number of carbonyl (C=O) groups is 2. The van der Waals surface area contributed by atoms with Crippen LogP contribution in [0.25, 0.3) is 0 Å². The second-order valence-electron chi connectivity index (χ2n) is 7.69. The lowest BCUT2D eigenvalue weighted by Crippen LogP contribution is -2.23. The van der Waals surface area contributed by atoms with Crippen LogP contribution >= 0.6 is 11.3 Å². The second-order valence-corrected chi connectivity index (χ2v) is 8.53. The van der Waals surface area contributed by atoms with Gasteiger partial charge in [-0.3, -0.25) is 14.4 Å². The first-order chi connectivity index (χ1) is 16.3. The molecule has 0 spiro atoms. The monoisotopic (exact) mass is 478 g/mol. The van der Waals surface area contributed by atoms with Gasteiger partial charge in [0.1, 0.15) is 18.0 Å². The number of rotatable bonds is 7. The first-order valence-corrected chi connectivity index (χ1v) is 11.5. The Morgan fingerprint density at radius 3 is 2.50 bits per heavy atom. The maximum Gasteiger partial charge on any atom is 0.342 e. The molecule has 4 rings (SSSR count). The molecule has 0 N–H and O–H groups in total. The molecule has 0 saturated carbocycles. The van der Waals surface area contributed by atoms with Crippen molar-refractivity contribution in [2.45, 2.75) is 33.9 Å². The van der Waals surface area contributed by atoms with Crippen LogP contribution in [0.15, 0.2) is 60.0 Å². The van der Waals surface area contributed by atoms with E-state index in [0.717, 1.165) is 5.56 Å². The highest BCUT2D eigenvalue weighted by molar-refractivity contribution is 7.14. The van der Waals surface area contributed by atoms with Gasteiger partial charge in [0, 0.05) is 12.3 Å². The van der Waals surface area contributed by atoms with Crippen LogP contribution in [0.4, 0.5) is 15.2 Å². The predicted molar refractivity (Wildman–Crippen MR) is 128 cm³/mol. The fourth-order valence-corrected chi connectivity index (χ4v) is 4.48. The number of hydrogen-bond donors (Lipinski definition) is 0. The number of anilines is 2. The van der Waals surface area contributed by atoms with Gasteiger partial charge in [0.2, 0.25) is 5.91 Å². The molecule has 0 fully saturated rings. The summed E-state index contributed by atoms with van der Waals surface area (Å²) >= 11 is 1.17. The summed E-state index contributed by atoms with van der Waals surface area (Å²) < 4.78 is 21.5. The lowest BCUT2D eigenvalue weighted by molar-refractivity contribution is -0.115. The number of benzene rings is 2. The molecule has 2 aromatic heterocycles. The summed E-state index contributed by atoms with van der Waals surface area (Å²) in [4.78, 5) is 30.6. The molecule has 2 heterocycles. The molecule has 0 aliphatic rings. The molecule has 4 aromatic rings. The first-order valence-electron chi connectivity index (χ1n) is 10.6. The topological polar surface area (TPSA) is 77.3 Å². The number of amides is 1. The molecule has 0 aliphatic heterocycles. The Labute approximate surface area is 200 Å². The number of aromatic nitrogens is 3. The molecule has 0 saturated heterocycles. The fourth-order valence-electron chi connectivity index (χ4n) is 3.62. The van der Waals surface area contributed by atoms with Gasteiger partial charge in [0.25, 0.3) is 0 Å². The second kappa shape index (κ2) is 9.96. The van der Waals surface area contributed by atoms with E-state index in [1.54, 1.807) is 29.1 Å². The fraction of sp³-hybridized carbons (Fsp3) is 0.200. The molecule has 0 unspecified atom stereocenters. The standard InChI is InChI=1S/C25H23FN4O3S/c1-16-23(17(2)29(28-16)13-19-9-5-4-6-10-19)24(32)33-14-20-15-34-25(27-20)30(18(3)31)22-12-8-7-11-21(22)26/h4-12,15H,13-14H2,1-3H3. The number of hydrogen-bond acceptors (Lipinski definition) is 6. The molecule has 9 heteroatoms. The number of ether oxygens (including phenoxy) is 1. The number of para-hydroxylation sites is 1. The molecular formula is C25H23FN4O3S. The van der Waals surface area contributed by atoms with Crippen LogP contribution in [0.1, 0.15) is 39.9 Å². The maximum atomic E-state index is 14.3. The van der Waals surface area contributed by atoms with E-state index in [9.17, 15) is 14.0 Å². The van der Waals surface area contributed by atoms with Crippen LogP contribution in [-0.4, -0.2) is 26.6 Å². The molecule has 2 aromatic carbocycles. The Kier molecular flexibility index (Phi) is 6.83. The third-order valence-electron chi connectivity index (χ3n) is 5.25. The van der Waals surface area contributed by atoms with Gasteiger partial charge in [-0.2, -0.15) is 5.10 Å². The minimum absolute atomic E-state index is 0.0822. The van der Waals surface area contributed by atoms with Crippen molar-refractivity contribution < 1.29 is 18.7 Å². The molecule has 0 atom stereocenters. The third kappa shape index (κ3) is 4.89. The van der Waals surface area contributed by atoms with Gasteiger partial charge in [-0.05, 0) is 31.5 Å². The molecular weight excluding hydrogens is 455 g/mol. The zero-order valence-corrected chi connectivity index (χ0v) is 19.8. The summed E-state index contributed by atoms with van der Waals surface area (Å²) in [6, 6.07) is 15.8. The van der Waals surface area contributed by atoms with Gasteiger partial charge in [0.15, 0.2) is 5.13 Å². The van der Waals surface area contributed by atoms with Crippen molar-refractivity contribution in [1.29, 1.82) is 0 Å². The van der Waals surface area contributed by atoms with E-state index in [1.165, 1.54) is 35.3 Å². The van der Waals surface area contributed by atoms with Crippen molar-refractivity contribution in [3.8, 4) is 0 Å². The summed E-state index contributed by atoms with van der Waals surface area (Å²) in [6.07, 6.45) is 0. The van der Waals surface area contributed by atoms with Crippen molar-refractivity contribution in [3.63, 3.8) is 0 Å². The van der Waals surface area contributed by atoms with E-state index in [4.69, 9.17) is 4.74 Å². The van der Waals surface area contributed by atoms with E-state index in [-0.39, 0.29) is 18.2 Å². The third-order valence-corrected chi connectivity index (χ3v) is 6.13. The van der Waals surface area contributed by atoms with Gasteiger partial charge in [0.05, 0.1) is 29.3 Å². The maximum absolute atomic E-state index is 14.3. The smallest absolute Gasteiger partial charge is 0.342 e. The number of esters is 1. The molecule has 0 bridgehead atoms. The van der Waals surface area contributed by atoms with Crippen LogP contribution < -0.4 is 4.90 Å². The van der Waals surface area contributed by atoms with Crippen LogP contribution in [0.5, 0.6) is 0 Å². The van der Waals surface area contributed by atoms with E-state index in [2.05, 4.69) is 10.1 Å². The van der Waals surface area contributed by atoms with Crippen molar-refractivity contribution >= 4 is 34.0 Å². The lowest BCUT2D eigenvalue weighted by atomic mass is 10.2. The van der Waals surface area contributed by atoms with E-state index in [1.807, 2.05) is 37.3 Å². The van der Waals surface area contributed by atoms with Gasteiger partial charge in [-0.15, -0.1) is 11.3 Å². The Morgan fingerprint density at radius 2 is 1.79 bits per heavy atom. The number of aryl methyl sites for hydroxylation is 1. The quantitative estimate of drug-likeness (QED) is 0.342. The average Bonchev–Trinajstić information content (AvgIpc) is 3.38. The SMILES string of the molecule is CC(=O)N(c1nc(COC(=O)c2c(C)nn(Cc3ccccc3)c2C)cs1)c1ccccc1F. The molecule has 34 heavy (non-hydrogen) atoms. The Bertz CT molecular complexity index is 1330. The highest BCUT2D eigenvalue weighted by Crippen LogP contribution is 2.31. The van der Waals surface area contributed by atoms with E-state index in [0.29, 0.717) is 34.3 Å². The lowest BCUT2D eigenvalue weighted by Gasteiger charge is -2.18. The van der Waals surface area contributed by atoms with E-state index >= 15 is 0 Å².